The lowest BCUT2D eigenvalue weighted by Crippen LogP contribution is -2.40. The van der Waals surface area contributed by atoms with E-state index in [9.17, 15) is 8.42 Å². The average Bonchev–Trinajstić information content (AvgIpc) is 2.42. The topological polar surface area (TPSA) is 83.6 Å². The molecular formula is C14H22N2O3S. The van der Waals surface area contributed by atoms with Crippen LogP contribution in [0.5, 0.6) is 0 Å². The van der Waals surface area contributed by atoms with Crippen LogP contribution >= 0.6 is 0 Å². The summed E-state index contributed by atoms with van der Waals surface area (Å²) in [6.45, 7) is 2.96. The van der Waals surface area contributed by atoms with Gasteiger partial charge in [0, 0.05) is 25.4 Å². The van der Waals surface area contributed by atoms with Gasteiger partial charge in [-0.05, 0) is 55.9 Å². The van der Waals surface area contributed by atoms with Crippen molar-refractivity contribution < 1.29 is 13.5 Å². The number of sulfonamides is 1. The second-order valence-corrected chi connectivity index (χ2v) is 7.34. The highest BCUT2D eigenvalue weighted by atomic mass is 32.2. The smallest absolute Gasteiger partial charge is 0.243 e. The van der Waals surface area contributed by atoms with Crippen LogP contribution in [0, 0.1) is 12.8 Å². The Morgan fingerprint density at radius 2 is 2.20 bits per heavy atom. The number of nitrogens with zero attached hydrogens (tertiary/aromatic N) is 1. The SMILES string of the molecule is Cc1cc(S(=O)(=O)N2CCCC(CCO)C2)ccc1N. The molecule has 112 valence electrons. The van der Waals surface area contributed by atoms with Gasteiger partial charge in [0.1, 0.15) is 0 Å². The van der Waals surface area contributed by atoms with Crippen molar-refractivity contribution in [3.8, 4) is 0 Å². The molecule has 6 heteroatoms. The lowest BCUT2D eigenvalue weighted by molar-refractivity contribution is 0.203. The Kier molecular flexibility index (Phi) is 4.67. The van der Waals surface area contributed by atoms with Gasteiger partial charge in [-0.3, -0.25) is 0 Å². The Bertz CT molecular complexity index is 570. The fourth-order valence-corrected chi connectivity index (χ4v) is 4.26. The normalized spacial score (nSPS) is 21.0. The summed E-state index contributed by atoms with van der Waals surface area (Å²) in [6, 6.07) is 4.82. The van der Waals surface area contributed by atoms with E-state index in [0.717, 1.165) is 18.4 Å². The zero-order valence-electron chi connectivity index (χ0n) is 11.7. The average molecular weight is 298 g/mol. The number of nitrogens with two attached hydrogens (primary N) is 1. The second kappa shape index (κ2) is 6.11. The van der Waals surface area contributed by atoms with Crippen LogP contribution in [0.15, 0.2) is 23.1 Å². The molecule has 20 heavy (non-hydrogen) atoms. The molecule has 1 aromatic carbocycles. The number of piperidine rings is 1. The van der Waals surface area contributed by atoms with Gasteiger partial charge in [0.15, 0.2) is 0 Å². The number of benzene rings is 1. The third kappa shape index (κ3) is 3.13. The quantitative estimate of drug-likeness (QED) is 0.822. The number of aryl methyl sites for hydroxylation is 1. The molecule has 3 N–H and O–H groups in total. The van der Waals surface area contributed by atoms with Crippen molar-refractivity contribution in [3.63, 3.8) is 0 Å². The highest BCUT2D eigenvalue weighted by molar-refractivity contribution is 7.89. The predicted molar refractivity (Wildman–Crippen MR) is 78.8 cm³/mol. The third-order valence-electron chi connectivity index (χ3n) is 3.90. The highest BCUT2D eigenvalue weighted by Crippen LogP contribution is 2.26. The minimum Gasteiger partial charge on any atom is -0.399 e. The molecule has 0 aliphatic carbocycles. The molecule has 0 amide bonds. The fourth-order valence-electron chi connectivity index (χ4n) is 2.62. The molecule has 1 aromatic rings. The summed E-state index contributed by atoms with van der Waals surface area (Å²) in [5, 5.41) is 9.01. The Morgan fingerprint density at radius 3 is 2.85 bits per heavy atom. The van der Waals surface area contributed by atoms with Gasteiger partial charge in [0.25, 0.3) is 0 Å². The second-order valence-electron chi connectivity index (χ2n) is 5.40. The maximum absolute atomic E-state index is 12.6. The molecule has 1 heterocycles. The largest absolute Gasteiger partial charge is 0.399 e. The van der Waals surface area contributed by atoms with Crippen LogP contribution in [0.3, 0.4) is 0 Å². The summed E-state index contributed by atoms with van der Waals surface area (Å²) in [7, 11) is -3.46. The van der Waals surface area contributed by atoms with E-state index >= 15 is 0 Å². The van der Waals surface area contributed by atoms with E-state index in [0.29, 0.717) is 30.1 Å². The maximum Gasteiger partial charge on any atom is 0.243 e. The summed E-state index contributed by atoms with van der Waals surface area (Å²) in [4.78, 5) is 0.300. The Labute approximate surface area is 120 Å². The van der Waals surface area contributed by atoms with Gasteiger partial charge in [-0.25, -0.2) is 8.42 Å². The van der Waals surface area contributed by atoms with E-state index in [1.807, 2.05) is 0 Å². The first kappa shape index (κ1) is 15.3. The van der Waals surface area contributed by atoms with E-state index in [1.54, 1.807) is 25.1 Å². The molecule has 1 atom stereocenters. The summed E-state index contributed by atoms with van der Waals surface area (Å²) in [5.41, 5.74) is 7.11. The molecule has 0 spiro atoms. The Balaban J connectivity index is 2.23. The lowest BCUT2D eigenvalue weighted by Gasteiger charge is -2.31. The first-order valence-electron chi connectivity index (χ1n) is 6.92. The van der Waals surface area contributed by atoms with Crippen molar-refractivity contribution in [2.75, 3.05) is 25.4 Å². The van der Waals surface area contributed by atoms with Gasteiger partial charge in [-0.2, -0.15) is 4.31 Å². The minimum atomic E-state index is -3.46. The Morgan fingerprint density at radius 1 is 1.45 bits per heavy atom. The molecule has 0 saturated carbocycles. The summed E-state index contributed by atoms with van der Waals surface area (Å²) < 4.78 is 26.8. The molecular weight excluding hydrogens is 276 g/mol. The molecule has 1 aliphatic rings. The maximum atomic E-state index is 12.6. The predicted octanol–water partition coefficient (Wildman–Crippen LogP) is 1.36. The monoisotopic (exact) mass is 298 g/mol. The number of hydrogen-bond acceptors (Lipinski definition) is 4. The number of hydrogen-bond donors (Lipinski definition) is 2. The van der Waals surface area contributed by atoms with Crippen LogP contribution in [0.2, 0.25) is 0 Å². The van der Waals surface area contributed by atoms with E-state index in [4.69, 9.17) is 10.8 Å². The summed E-state index contributed by atoms with van der Waals surface area (Å²) in [6.07, 6.45) is 2.48. The standard InChI is InChI=1S/C14H22N2O3S/c1-11-9-13(4-5-14(11)15)20(18,19)16-7-2-3-12(10-16)6-8-17/h4-5,9,12,17H,2-3,6-8,10,15H2,1H3. The fraction of sp³-hybridized carbons (Fsp3) is 0.571. The number of aliphatic hydroxyl groups is 1. The van der Waals surface area contributed by atoms with E-state index < -0.39 is 10.0 Å². The van der Waals surface area contributed by atoms with Crippen LogP contribution in [-0.4, -0.2) is 37.5 Å². The van der Waals surface area contributed by atoms with Crippen molar-refractivity contribution >= 4 is 15.7 Å². The minimum absolute atomic E-state index is 0.111. The first-order valence-corrected chi connectivity index (χ1v) is 8.36. The summed E-state index contributed by atoms with van der Waals surface area (Å²) in [5.74, 6) is 0.249. The van der Waals surface area contributed by atoms with E-state index in [2.05, 4.69) is 0 Å². The first-order chi connectivity index (χ1) is 9.45. The molecule has 0 radical (unpaired) electrons. The van der Waals surface area contributed by atoms with Crippen molar-refractivity contribution in [2.24, 2.45) is 5.92 Å². The molecule has 0 aromatic heterocycles. The highest BCUT2D eigenvalue weighted by Gasteiger charge is 2.30. The molecule has 1 unspecified atom stereocenters. The van der Waals surface area contributed by atoms with Crippen LogP contribution in [0.1, 0.15) is 24.8 Å². The summed E-state index contributed by atoms with van der Waals surface area (Å²) >= 11 is 0. The third-order valence-corrected chi connectivity index (χ3v) is 5.76. The number of nitrogen functional groups attached to an aromatic ring is 1. The van der Waals surface area contributed by atoms with Gasteiger partial charge in [0.2, 0.25) is 10.0 Å². The van der Waals surface area contributed by atoms with Crippen LogP contribution in [0.4, 0.5) is 5.69 Å². The van der Waals surface area contributed by atoms with Gasteiger partial charge < -0.3 is 10.8 Å². The zero-order valence-corrected chi connectivity index (χ0v) is 12.6. The van der Waals surface area contributed by atoms with Gasteiger partial charge >= 0.3 is 0 Å². The van der Waals surface area contributed by atoms with Crippen LogP contribution < -0.4 is 5.73 Å². The van der Waals surface area contributed by atoms with Crippen molar-refractivity contribution in [3.05, 3.63) is 23.8 Å². The number of rotatable bonds is 4. The molecule has 1 aliphatic heterocycles. The molecule has 0 bridgehead atoms. The lowest BCUT2D eigenvalue weighted by atomic mass is 9.97. The van der Waals surface area contributed by atoms with Crippen molar-refractivity contribution in [2.45, 2.75) is 31.1 Å². The molecule has 1 fully saturated rings. The molecule has 2 rings (SSSR count). The van der Waals surface area contributed by atoms with Gasteiger partial charge in [-0.15, -0.1) is 0 Å². The van der Waals surface area contributed by atoms with Gasteiger partial charge in [-0.1, -0.05) is 0 Å². The number of aliphatic hydroxyl groups excluding tert-OH is 1. The Hall–Kier alpha value is -1.11. The van der Waals surface area contributed by atoms with E-state index in [-0.39, 0.29) is 12.5 Å². The van der Waals surface area contributed by atoms with Crippen LogP contribution in [0.25, 0.3) is 0 Å². The number of anilines is 1. The van der Waals surface area contributed by atoms with Crippen LogP contribution in [-0.2, 0) is 10.0 Å². The van der Waals surface area contributed by atoms with Crippen molar-refractivity contribution in [1.29, 1.82) is 0 Å². The zero-order chi connectivity index (χ0) is 14.8. The molecule has 5 nitrogen and oxygen atoms in total. The molecule has 1 saturated heterocycles. The van der Waals surface area contributed by atoms with Gasteiger partial charge in [0.05, 0.1) is 4.90 Å². The van der Waals surface area contributed by atoms with Crippen molar-refractivity contribution in [1.82, 2.24) is 4.31 Å². The van der Waals surface area contributed by atoms with E-state index in [1.165, 1.54) is 4.31 Å².